The zero-order valence-electron chi connectivity index (χ0n) is 9.94. The molecule has 0 aromatic heterocycles. The van der Waals surface area contributed by atoms with Gasteiger partial charge in [0.15, 0.2) is 0 Å². The Morgan fingerprint density at radius 1 is 1.06 bits per heavy atom. The molecule has 0 amide bonds. The monoisotopic (exact) mass is 307 g/mol. The Kier molecular flexibility index (Phi) is 4.50. The molecule has 0 radical (unpaired) electrons. The van der Waals surface area contributed by atoms with Crippen LogP contribution in [0.4, 0.5) is 4.39 Å². The highest BCUT2D eigenvalue weighted by molar-refractivity contribution is 9.10. The molecule has 0 aliphatic rings. The molecule has 0 spiro atoms. The van der Waals surface area contributed by atoms with E-state index in [9.17, 15) is 4.39 Å². The van der Waals surface area contributed by atoms with Gasteiger partial charge in [0.05, 0.1) is 0 Å². The zero-order chi connectivity index (χ0) is 13.0. The predicted molar refractivity (Wildman–Crippen MR) is 76.0 cm³/mol. The molecule has 2 rings (SSSR count). The van der Waals surface area contributed by atoms with Crippen LogP contribution >= 0.6 is 15.9 Å². The van der Waals surface area contributed by atoms with E-state index in [0.29, 0.717) is 12.1 Å². The molecule has 2 aromatic carbocycles. The van der Waals surface area contributed by atoms with Crippen LogP contribution in [-0.4, -0.2) is 6.54 Å². The highest BCUT2D eigenvalue weighted by Crippen LogP contribution is 2.23. The molecular weight excluding hydrogens is 293 g/mol. The minimum Gasteiger partial charge on any atom is -0.330 e. The summed E-state index contributed by atoms with van der Waals surface area (Å²) >= 11 is 3.40. The molecule has 0 bridgehead atoms. The third-order valence-corrected chi connectivity index (χ3v) is 3.55. The van der Waals surface area contributed by atoms with Gasteiger partial charge in [0.2, 0.25) is 0 Å². The predicted octanol–water partition coefficient (Wildman–Crippen LogP) is 3.87. The average Bonchev–Trinajstić information content (AvgIpc) is 2.39. The van der Waals surface area contributed by atoms with Crippen molar-refractivity contribution in [1.82, 2.24) is 0 Å². The molecule has 2 aromatic rings. The van der Waals surface area contributed by atoms with E-state index in [1.165, 1.54) is 6.07 Å². The third-order valence-electron chi connectivity index (χ3n) is 3.02. The second kappa shape index (κ2) is 6.12. The first-order chi connectivity index (χ1) is 8.70. The van der Waals surface area contributed by atoms with Gasteiger partial charge in [0.25, 0.3) is 0 Å². The molecule has 0 heterocycles. The van der Waals surface area contributed by atoms with E-state index >= 15 is 0 Å². The van der Waals surface area contributed by atoms with Gasteiger partial charge in [0.1, 0.15) is 5.82 Å². The van der Waals surface area contributed by atoms with Crippen molar-refractivity contribution in [1.29, 1.82) is 0 Å². The molecule has 0 aliphatic carbocycles. The smallest absolute Gasteiger partial charge is 0.126 e. The standard InChI is InChI=1S/C15H15BrFN/c16-13-7-5-11(6-8-13)9-12(10-18)14-3-1-2-4-15(14)17/h1-8,12H,9-10,18H2. The maximum atomic E-state index is 13.7. The zero-order valence-corrected chi connectivity index (χ0v) is 11.5. The SMILES string of the molecule is NCC(Cc1ccc(Br)cc1)c1ccccc1F. The summed E-state index contributed by atoms with van der Waals surface area (Å²) < 4.78 is 14.8. The fraction of sp³-hybridized carbons (Fsp3) is 0.200. The second-order valence-electron chi connectivity index (χ2n) is 4.28. The van der Waals surface area contributed by atoms with Gasteiger partial charge in [-0.2, -0.15) is 0 Å². The third kappa shape index (κ3) is 3.18. The van der Waals surface area contributed by atoms with Crippen LogP contribution in [0.1, 0.15) is 17.0 Å². The first-order valence-electron chi connectivity index (χ1n) is 5.89. The minimum absolute atomic E-state index is 0.0207. The summed E-state index contributed by atoms with van der Waals surface area (Å²) in [5.74, 6) is -0.155. The first-order valence-corrected chi connectivity index (χ1v) is 6.69. The van der Waals surface area contributed by atoms with Crippen LogP contribution < -0.4 is 5.73 Å². The number of benzene rings is 2. The largest absolute Gasteiger partial charge is 0.330 e. The Hall–Kier alpha value is -1.19. The van der Waals surface area contributed by atoms with E-state index < -0.39 is 0 Å². The molecular formula is C15H15BrFN. The Morgan fingerprint density at radius 3 is 2.33 bits per heavy atom. The summed E-state index contributed by atoms with van der Waals surface area (Å²) in [5, 5.41) is 0. The van der Waals surface area contributed by atoms with Crippen molar-refractivity contribution in [2.45, 2.75) is 12.3 Å². The molecule has 18 heavy (non-hydrogen) atoms. The minimum atomic E-state index is -0.176. The normalized spacial score (nSPS) is 12.4. The van der Waals surface area contributed by atoms with Gasteiger partial charge in [-0.3, -0.25) is 0 Å². The van der Waals surface area contributed by atoms with Crippen LogP contribution in [0.2, 0.25) is 0 Å². The van der Waals surface area contributed by atoms with E-state index in [0.717, 1.165) is 16.5 Å². The van der Waals surface area contributed by atoms with Crippen LogP contribution in [0.25, 0.3) is 0 Å². The molecule has 1 nitrogen and oxygen atoms in total. The topological polar surface area (TPSA) is 26.0 Å². The number of hydrogen-bond donors (Lipinski definition) is 1. The van der Waals surface area contributed by atoms with Crippen LogP contribution in [-0.2, 0) is 6.42 Å². The van der Waals surface area contributed by atoms with Gasteiger partial charge in [-0.05, 0) is 42.3 Å². The van der Waals surface area contributed by atoms with Crippen LogP contribution in [0.3, 0.4) is 0 Å². The number of halogens is 2. The van der Waals surface area contributed by atoms with Gasteiger partial charge in [-0.25, -0.2) is 4.39 Å². The lowest BCUT2D eigenvalue weighted by molar-refractivity contribution is 0.576. The van der Waals surface area contributed by atoms with Gasteiger partial charge in [-0.15, -0.1) is 0 Å². The lowest BCUT2D eigenvalue weighted by Gasteiger charge is -2.16. The molecule has 0 saturated heterocycles. The number of rotatable bonds is 4. The van der Waals surface area contributed by atoms with Gasteiger partial charge in [0, 0.05) is 10.4 Å². The van der Waals surface area contributed by atoms with Gasteiger partial charge in [-0.1, -0.05) is 46.3 Å². The Labute approximate surface area is 115 Å². The quantitative estimate of drug-likeness (QED) is 0.911. The molecule has 1 unspecified atom stereocenters. The van der Waals surface area contributed by atoms with Crippen molar-refractivity contribution in [2.24, 2.45) is 5.73 Å². The van der Waals surface area contributed by atoms with Crippen molar-refractivity contribution in [2.75, 3.05) is 6.54 Å². The number of hydrogen-bond acceptors (Lipinski definition) is 1. The van der Waals surface area contributed by atoms with E-state index in [2.05, 4.69) is 15.9 Å². The number of nitrogens with two attached hydrogens (primary N) is 1. The van der Waals surface area contributed by atoms with Crippen LogP contribution in [0.15, 0.2) is 53.0 Å². The fourth-order valence-corrected chi connectivity index (χ4v) is 2.30. The van der Waals surface area contributed by atoms with Crippen molar-refractivity contribution < 1.29 is 4.39 Å². The summed E-state index contributed by atoms with van der Waals surface area (Å²) in [7, 11) is 0. The van der Waals surface area contributed by atoms with Crippen molar-refractivity contribution in [3.05, 3.63) is 69.9 Å². The average molecular weight is 308 g/mol. The highest BCUT2D eigenvalue weighted by atomic mass is 79.9. The first kappa shape index (κ1) is 13.2. The summed E-state index contributed by atoms with van der Waals surface area (Å²) in [6.07, 6.45) is 0.755. The summed E-state index contributed by atoms with van der Waals surface area (Å²) in [5.41, 5.74) is 7.64. The van der Waals surface area contributed by atoms with E-state index in [4.69, 9.17) is 5.73 Å². The maximum Gasteiger partial charge on any atom is 0.126 e. The maximum absolute atomic E-state index is 13.7. The summed E-state index contributed by atoms with van der Waals surface area (Å²) in [6.45, 7) is 0.441. The van der Waals surface area contributed by atoms with E-state index in [1.807, 2.05) is 36.4 Å². The molecule has 94 valence electrons. The van der Waals surface area contributed by atoms with Gasteiger partial charge >= 0.3 is 0 Å². The van der Waals surface area contributed by atoms with Crippen LogP contribution in [0, 0.1) is 5.82 Å². The molecule has 2 N–H and O–H groups in total. The molecule has 3 heteroatoms. The van der Waals surface area contributed by atoms with Crippen molar-refractivity contribution in [3.8, 4) is 0 Å². The second-order valence-corrected chi connectivity index (χ2v) is 5.20. The molecule has 0 aliphatic heterocycles. The van der Waals surface area contributed by atoms with Crippen molar-refractivity contribution in [3.63, 3.8) is 0 Å². The molecule has 0 saturated carbocycles. The Balaban J connectivity index is 2.20. The lowest BCUT2D eigenvalue weighted by Crippen LogP contribution is -2.16. The lowest BCUT2D eigenvalue weighted by atomic mass is 9.92. The van der Waals surface area contributed by atoms with Gasteiger partial charge < -0.3 is 5.73 Å². The Morgan fingerprint density at radius 2 is 1.72 bits per heavy atom. The molecule has 1 atom stereocenters. The van der Waals surface area contributed by atoms with Crippen molar-refractivity contribution >= 4 is 15.9 Å². The fourth-order valence-electron chi connectivity index (χ4n) is 2.03. The van der Waals surface area contributed by atoms with Crippen LogP contribution in [0.5, 0.6) is 0 Å². The summed E-state index contributed by atoms with van der Waals surface area (Å²) in [6, 6.07) is 14.9. The van der Waals surface area contributed by atoms with E-state index in [-0.39, 0.29) is 11.7 Å². The molecule has 0 fully saturated rings. The van der Waals surface area contributed by atoms with E-state index in [1.54, 1.807) is 6.07 Å². The summed E-state index contributed by atoms with van der Waals surface area (Å²) in [4.78, 5) is 0. The highest BCUT2D eigenvalue weighted by Gasteiger charge is 2.14. The Bertz CT molecular complexity index is 510.